The third-order valence-corrected chi connectivity index (χ3v) is 11.5. The average molecular weight is 776 g/mol. The molecule has 7 heterocycles. The van der Waals surface area contributed by atoms with Gasteiger partial charge in [0.2, 0.25) is 5.91 Å². The Bertz CT molecular complexity index is 2180. The second-order valence-corrected chi connectivity index (χ2v) is 15.5. The molecule has 298 valence electrons. The summed E-state index contributed by atoms with van der Waals surface area (Å²) < 4.78 is 13.2. The van der Waals surface area contributed by atoms with Crippen LogP contribution in [0.3, 0.4) is 0 Å². The molecule has 17 nitrogen and oxygen atoms in total. The fourth-order valence-electron chi connectivity index (χ4n) is 8.22. The number of carbonyl (C=O) groups excluding carboxylic acids is 1. The zero-order chi connectivity index (χ0) is 39.5. The summed E-state index contributed by atoms with van der Waals surface area (Å²) in [6.45, 7) is 2.29. The van der Waals surface area contributed by atoms with Crippen molar-refractivity contribution in [3.63, 3.8) is 0 Å². The lowest BCUT2D eigenvalue weighted by Crippen LogP contribution is -2.64. The number of aliphatic hydroxyl groups is 6. The molecule has 2 aromatic rings. The number of fused-ring (bicyclic) bond motifs is 4. The maximum atomic E-state index is 13.4. The molecule has 8 rings (SSSR count). The molecular weight excluding hydrogens is 730 g/mol. The van der Waals surface area contributed by atoms with Gasteiger partial charge < -0.3 is 54.9 Å². The topological polar surface area (TPSA) is 240 Å². The lowest BCUT2D eigenvalue weighted by atomic mass is 9.83. The van der Waals surface area contributed by atoms with Crippen LogP contribution in [-0.2, 0) is 21.0 Å². The Morgan fingerprint density at radius 1 is 1.12 bits per heavy atom. The van der Waals surface area contributed by atoms with Crippen molar-refractivity contribution in [2.75, 3.05) is 37.7 Å². The van der Waals surface area contributed by atoms with Gasteiger partial charge in [-0.3, -0.25) is 19.6 Å². The molecule has 1 fully saturated rings. The van der Waals surface area contributed by atoms with Gasteiger partial charge in [0, 0.05) is 55.2 Å². The highest BCUT2D eigenvalue weighted by Gasteiger charge is 2.51. The van der Waals surface area contributed by atoms with Gasteiger partial charge in [0.15, 0.2) is 16.8 Å². The lowest BCUT2D eigenvalue weighted by molar-refractivity contribution is -0.365. The maximum absolute atomic E-state index is 13.4. The Balaban J connectivity index is 1.09. The van der Waals surface area contributed by atoms with E-state index in [0.29, 0.717) is 77.5 Å². The first-order chi connectivity index (χ1) is 26.8. The van der Waals surface area contributed by atoms with Crippen molar-refractivity contribution in [1.29, 1.82) is 0 Å². The van der Waals surface area contributed by atoms with E-state index in [4.69, 9.17) is 18.9 Å². The van der Waals surface area contributed by atoms with E-state index in [-0.39, 0.29) is 23.7 Å². The van der Waals surface area contributed by atoms with Gasteiger partial charge in [-0.2, -0.15) is 0 Å². The molecule has 1 aromatic carbocycles. The minimum atomic E-state index is -2.57. The zero-order valence-electron chi connectivity index (χ0n) is 30.9. The Hall–Kier alpha value is -4.72. The van der Waals surface area contributed by atoms with Crippen LogP contribution in [0.15, 0.2) is 78.4 Å². The van der Waals surface area contributed by atoms with Gasteiger partial charge >= 0.3 is 0 Å². The summed E-state index contributed by atoms with van der Waals surface area (Å²) >= 11 is 0. The minimum Gasteiger partial charge on any atom is -0.482 e. The van der Waals surface area contributed by atoms with Crippen molar-refractivity contribution >= 4 is 35.0 Å². The smallest absolute Gasteiger partial charge is 0.220 e. The molecule has 17 heteroatoms. The number of hydrogen-bond donors (Lipinski definition) is 7. The number of nitrogens with one attached hydrogen (secondary N) is 1. The molecule has 1 unspecified atom stereocenters. The minimum absolute atomic E-state index is 0.0323. The highest BCUT2D eigenvalue weighted by Crippen LogP contribution is 2.49. The van der Waals surface area contributed by atoms with Gasteiger partial charge in [-0.15, -0.1) is 0 Å². The van der Waals surface area contributed by atoms with Crippen molar-refractivity contribution in [3.8, 4) is 5.75 Å². The third kappa shape index (κ3) is 6.77. The van der Waals surface area contributed by atoms with Crippen molar-refractivity contribution in [2.45, 2.75) is 81.4 Å². The van der Waals surface area contributed by atoms with Crippen LogP contribution in [0.2, 0.25) is 0 Å². The van der Waals surface area contributed by atoms with E-state index in [1.807, 2.05) is 24.1 Å². The molecule has 1 amide bonds. The van der Waals surface area contributed by atoms with Crippen LogP contribution < -0.4 is 20.4 Å². The Morgan fingerprint density at radius 2 is 1.91 bits per heavy atom. The molecule has 0 radical (unpaired) electrons. The van der Waals surface area contributed by atoms with E-state index in [0.717, 1.165) is 11.3 Å². The zero-order valence-corrected chi connectivity index (χ0v) is 30.9. The molecular formula is C39H45N5O12. The second-order valence-electron chi connectivity index (χ2n) is 15.5. The van der Waals surface area contributed by atoms with Crippen LogP contribution in [0.25, 0.3) is 11.0 Å². The molecule has 1 aromatic heterocycles. The highest BCUT2D eigenvalue weighted by molar-refractivity contribution is 5.96. The quantitative estimate of drug-likeness (QED) is 0.0988. The largest absolute Gasteiger partial charge is 0.482 e. The summed E-state index contributed by atoms with van der Waals surface area (Å²) in [6.07, 6.45) is 3.55. The number of rotatable bonds is 14. The summed E-state index contributed by atoms with van der Waals surface area (Å²) in [5.41, 5.74) is 0.251. The number of hydrogen-bond acceptors (Lipinski definition) is 16. The average Bonchev–Trinajstić information content (AvgIpc) is 4.00. The molecule has 0 spiro atoms. The number of amides is 1. The molecule has 6 aliphatic heterocycles. The predicted molar refractivity (Wildman–Crippen MR) is 201 cm³/mol. The first kappa shape index (κ1) is 38.2. The van der Waals surface area contributed by atoms with E-state index in [9.17, 15) is 40.2 Å². The first-order valence-electron chi connectivity index (χ1n) is 18.6. The number of nitrogens with zero attached hydrogens (tertiary/aromatic N) is 4. The highest BCUT2D eigenvalue weighted by atomic mass is 17.2. The molecule has 7 N–H and O–H groups in total. The Labute approximate surface area is 320 Å². The summed E-state index contributed by atoms with van der Waals surface area (Å²) in [5.74, 6) is 0.922. The first-order valence-corrected chi connectivity index (χ1v) is 18.6. The fourth-order valence-corrected chi connectivity index (χ4v) is 8.22. The van der Waals surface area contributed by atoms with Crippen LogP contribution >= 0.6 is 0 Å². The fraction of sp³-hybridized carbons (Fsp3) is 0.487. The van der Waals surface area contributed by atoms with Crippen molar-refractivity contribution < 1.29 is 54.4 Å². The third-order valence-electron chi connectivity index (χ3n) is 11.5. The number of anilines is 1. The summed E-state index contributed by atoms with van der Waals surface area (Å²) in [5, 5.41) is 68.2. The lowest BCUT2D eigenvalue weighted by Gasteiger charge is -2.44. The summed E-state index contributed by atoms with van der Waals surface area (Å²) in [6, 6.07) is 3.13. The number of β-amino-alcohol motifs (C(OH)–C–C–N with tert-alkyl or cyclic N) is 1. The van der Waals surface area contributed by atoms with Crippen LogP contribution in [-0.4, -0.2) is 129 Å². The molecule has 0 bridgehead atoms. The SMILES string of the molecule is Cc1cc(=O)c2cc3c(c(N4C=C5N=CC=C5C4)c2o1)O[C@](C)(CC[C@@H]1CNC(=O)C1)[C@H](OOC[C@H](O)[C@](O)(CN1C2=CC=NC2=CC1O)[C@H](O)[C@H](O)CO)C3. The Morgan fingerprint density at radius 3 is 2.66 bits per heavy atom. The molecule has 0 aliphatic carbocycles. The van der Waals surface area contributed by atoms with Crippen molar-refractivity contribution in [2.24, 2.45) is 15.9 Å². The standard InChI is InChI=1S/C39H45N5O12/c1-20-9-28(46)24-11-23-12-31(56-53-18-30(48)39(52,37(51)29(47)17-45)19-44-27-5-8-40-25(27)13-33(44)50)38(2,6-3-21-10-32(49)42-14-21)55-35(23)34(36(24)54-20)43-15-22-4-7-41-26(22)16-43/h4-5,7-9,11,13,16,21,29-31,33,37,45,47-48,50-52H,3,6,10,12,14-15,17-19H2,1-2H3,(H,42,49)/t21-,29+,30-,31+,33?,37+,38+,39+/m0/s1. The summed E-state index contributed by atoms with van der Waals surface area (Å²) in [7, 11) is 0. The normalized spacial score (nSPS) is 27.6. The van der Waals surface area contributed by atoms with Gasteiger partial charge in [0.05, 0.1) is 42.2 Å². The number of aliphatic hydroxyl groups excluding tert-OH is 5. The maximum Gasteiger partial charge on any atom is 0.220 e. The molecule has 56 heavy (non-hydrogen) atoms. The van der Waals surface area contributed by atoms with Gasteiger partial charge in [-0.1, -0.05) is 0 Å². The molecule has 6 aliphatic rings. The van der Waals surface area contributed by atoms with Gasteiger partial charge in [-0.05, 0) is 56.9 Å². The van der Waals surface area contributed by atoms with Crippen LogP contribution in [0.5, 0.6) is 5.75 Å². The van der Waals surface area contributed by atoms with Crippen molar-refractivity contribution in [3.05, 3.63) is 80.8 Å². The Kier molecular flexibility index (Phi) is 9.99. The van der Waals surface area contributed by atoms with Gasteiger partial charge in [0.1, 0.15) is 59.9 Å². The number of benzene rings is 1. The van der Waals surface area contributed by atoms with Crippen LogP contribution in [0, 0.1) is 12.8 Å². The second kappa shape index (κ2) is 14.7. The van der Waals surface area contributed by atoms with Gasteiger partial charge in [0.25, 0.3) is 0 Å². The van der Waals surface area contributed by atoms with E-state index in [2.05, 4.69) is 15.3 Å². The van der Waals surface area contributed by atoms with Crippen LogP contribution in [0.4, 0.5) is 5.69 Å². The van der Waals surface area contributed by atoms with E-state index in [1.54, 1.807) is 25.3 Å². The number of ether oxygens (including phenoxy) is 1. The number of aliphatic imine (C=N–C) groups is 2. The molecule has 8 atom stereocenters. The monoisotopic (exact) mass is 775 g/mol. The summed E-state index contributed by atoms with van der Waals surface area (Å²) in [4.78, 5) is 49.0. The van der Waals surface area contributed by atoms with Gasteiger partial charge in [-0.25, -0.2) is 9.78 Å². The number of carbonyl (C=O) groups is 1. The predicted octanol–water partition coefficient (Wildman–Crippen LogP) is -0.00738. The van der Waals surface area contributed by atoms with E-state index < -0.39 is 61.6 Å². The van der Waals surface area contributed by atoms with E-state index in [1.165, 1.54) is 23.3 Å². The van der Waals surface area contributed by atoms with E-state index >= 15 is 0 Å². The van der Waals surface area contributed by atoms with Crippen molar-refractivity contribution in [1.82, 2.24) is 10.2 Å². The number of allylic oxidation sites excluding steroid dienone is 2. The molecule has 1 saturated heterocycles. The number of aryl methyl sites for hydroxylation is 1. The van der Waals surface area contributed by atoms with Crippen LogP contribution in [0.1, 0.15) is 37.5 Å². The molecule has 0 saturated carbocycles.